The van der Waals surface area contributed by atoms with Crippen molar-refractivity contribution in [3.63, 3.8) is 0 Å². The van der Waals surface area contributed by atoms with Gasteiger partial charge in [0.1, 0.15) is 0 Å². The third-order valence-electron chi connectivity index (χ3n) is 3.00. The molecular formula is C11H25N. The Balaban J connectivity index is 3.78. The van der Waals surface area contributed by atoms with Gasteiger partial charge in [-0.1, -0.05) is 27.7 Å². The minimum atomic E-state index is 0.639. The molecular weight excluding hydrogens is 146 g/mol. The largest absolute Gasteiger partial charge is 0.312 e. The summed E-state index contributed by atoms with van der Waals surface area (Å²) in [5.41, 5.74) is 0. The summed E-state index contributed by atoms with van der Waals surface area (Å²) in [6.45, 7) is 13.7. The van der Waals surface area contributed by atoms with Crippen LogP contribution in [-0.4, -0.2) is 12.1 Å². The molecule has 0 saturated carbocycles. The van der Waals surface area contributed by atoms with Gasteiger partial charge in [0.15, 0.2) is 0 Å². The summed E-state index contributed by atoms with van der Waals surface area (Å²) in [5.74, 6) is 1.54. The van der Waals surface area contributed by atoms with E-state index in [1.54, 1.807) is 0 Å². The van der Waals surface area contributed by atoms with Crippen molar-refractivity contribution in [3.8, 4) is 0 Å². The number of hydrogen-bond donors (Lipinski definition) is 1. The predicted molar refractivity (Wildman–Crippen MR) is 56.4 cm³/mol. The van der Waals surface area contributed by atoms with Gasteiger partial charge in [-0.3, -0.25) is 0 Å². The third kappa shape index (κ3) is 4.10. The highest BCUT2D eigenvalue weighted by Gasteiger charge is 2.16. The monoisotopic (exact) mass is 171 g/mol. The van der Waals surface area contributed by atoms with Gasteiger partial charge < -0.3 is 5.32 Å². The SMILES string of the molecule is CC[C@@H](C)N[C@@H](C)[C@H](C)C(C)C. The second-order valence-electron chi connectivity index (χ2n) is 4.37. The minimum absolute atomic E-state index is 0.639. The van der Waals surface area contributed by atoms with Crippen molar-refractivity contribution >= 4 is 0 Å². The fraction of sp³-hybridized carbons (Fsp3) is 1.00. The highest BCUT2D eigenvalue weighted by molar-refractivity contribution is 4.73. The predicted octanol–water partition coefficient (Wildman–Crippen LogP) is 3.06. The first-order chi connectivity index (χ1) is 5.49. The maximum atomic E-state index is 3.61. The number of hydrogen-bond acceptors (Lipinski definition) is 1. The average Bonchev–Trinajstić information content (AvgIpc) is 2.02. The van der Waals surface area contributed by atoms with Gasteiger partial charge in [0.25, 0.3) is 0 Å². The Labute approximate surface area is 77.9 Å². The van der Waals surface area contributed by atoms with Gasteiger partial charge in [0, 0.05) is 12.1 Å². The van der Waals surface area contributed by atoms with Gasteiger partial charge in [0.05, 0.1) is 0 Å². The lowest BCUT2D eigenvalue weighted by molar-refractivity contribution is 0.293. The first kappa shape index (κ1) is 12.0. The summed E-state index contributed by atoms with van der Waals surface area (Å²) in [6, 6.07) is 1.29. The zero-order valence-electron chi connectivity index (χ0n) is 9.52. The normalized spacial score (nSPS) is 19.2. The van der Waals surface area contributed by atoms with Crippen LogP contribution in [0.2, 0.25) is 0 Å². The molecule has 0 fully saturated rings. The van der Waals surface area contributed by atoms with E-state index in [0.29, 0.717) is 12.1 Å². The summed E-state index contributed by atoms with van der Waals surface area (Å²) in [6.07, 6.45) is 1.22. The molecule has 1 N–H and O–H groups in total. The maximum absolute atomic E-state index is 3.61. The summed E-state index contributed by atoms with van der Waals surface area (Å²) in [5, 5.41) is 3.61. The Bertz CT molecular complexity index is 110. The van der Waals surface area contributed by atoms with Crippen molar-refractivity contribution in [3.05, 3.63) is 0 Å². The molecule has 0 rings (SSSR count). The van der Waals surface area contributed by atoms with Gasteiger partial charge >= 0.3 is 0 Å². The lowest BCUT2D eigenvalue weighted by atomic mass is 9.91. The van der Waals surface area contributed by atoms with Crippen LogP contribution < -0.4 is 5.32 Å². The smallest absolute Gasteiger partial charge is 0.00692 e. The van der Waals surface area contributed by atoms with Crippen molar-refractivity contribution in [1.29, 1.82) is 0 Å². The molecule has 0 aromatic heterocycles. The zero-order valence-corrected chi connectivity index (χ0v) is 9.52. The van der Waals surface area contributed by atoms with Crippen molar-refractivity contribution in [2.75, 3.05) is 0 Å². The minimum Gasteiger partial charge on any atom is -0.312 e. The molecule has 0 aromatic rings. The summed E-state index contributed by atoms with van der Waals surface area (Å²) < 4.78 is 0. The van der Waals surface area contributed by atoms with Crippen molar-refractivity contribution in [2.24, 2.45) is 11.8 Å². The Kier molecular flexibility index (Phi) is 5.56. The topological polar surface area (TPSA) is 12.0 Å². The van der Waals surface area contributed by atoms with Crippen LogP contribution in [0.4, 0.5) is 0 Å². The van der Waals surface area contributed by atoms with E-state index in [1.165, 1.54) is 6.42 Å². The van der Waals surface area contributed by atoms with Crippen molar-refractivity contribution in [2.45, 2.75) is 60.0 Å². The van der Waals surface area contributed by atoms with Gasteiger partial charge in [0.2, 0.25) is 0 Å². The van der Waals surface area contributed by atoms with E-state index in [2.05, 4.69) is 46.9 Å². The molecule has 0 aromatic carbocycles. The van der Waals surface area contributed by atoms with Crippen LogP contribution in [0.5, 0.6) is 0 Å². The molecule has 0 aliphatic heterocycles. The van der Waals surface area contributed by atoms with E-state index in [0.717, 1.165) is 11.8 Å². The van der Waals surface area contributed by atoms with Crippen LogP contribution in [0.1, 0.15) is 48.0 Å². The fourth-order valence-corrected chi connectivity index (χ4v) is 1.30. The molecule has 0 radical (unpaired) electrons. The lowest BCUT2D eigenvalue weighted by Gasteiger charge is -2.27. The van der Waals surface area contributed by atoms with Crippen molar-refractivity contribution < 1.29 is 0 Å². The highest BCUT2D eigenvalue weighted by atomic mass is 14.9. The van der Waals surface area contributed by atoms with Crippen LogP contribution in [0.3, 0.4) is 0 Å². The molecule has 0 heterocycles. The second kappa shape index (κ2) is 5.58. The zero-order chi connectivity index (χ0) is 9.72. The number of rotatable bonds is 5. The van der Waals surface area contributed by atoms with E-state index in [-0.39, 0.29) is 0 Å². The Morgan fingerprint density at radius 3 is 1.83 bits per heavy atom. The van der Waals surface area contributed by atoms with Crippen LogP contribution >= 0.6 is 0 Å². The van der Waals surface area contributed by atoms with Gasteiger partial charge in [-0.15, -0.1) is 0 Å². The molecule has 0 spiro atoms. The first-order valence-electron chi connectivity index (χ1n) is 5.25. The van der Waals surface area contributed by atoms with Crippen LogP contribution in [0, 0.1) is 11.8 Å². The Hall–Kier alpha value is -0.0400. The second-order valence-corrected chi connectivity index (χ2v) is 4.37. The average molecular weight is 171 g/mol. The summed E-state index contributed by atoms with van der Waals surface area (Å²) in [7, 11) is 0. The molecule has 1 heteroatoms. The molecule has 12 heavy (non-hydrogen) atoms. The molecule has 3 atom stereocenters. The summed E-state index contributed by atoms with van der Waals surface area (Å²) in [4.78, 5) is 0. The Morgan fingerprint density at radius 1 is 1.00 bits per heavy atom. The fourth-order valence-electron chi connectivity index (χ4n) is 1.30. The molecule has 0 saturated heterocycles. The number of nitrogens with one attached hydrogen (secondary N) is 1. The van der Waals surface area contributed by atoms with Gasteiger partial charge in [-0.25, -0.2) is 0 Å². The van der Waals surface area contributed by atoms with E-state index >= 15 is 0 Å². The Morgan fingerprint density at radius 2 is 1.50 bits per heavy atom. The molecule has 0 amide bonds. The van der Waals surface area contributed by atoms with Crippen molar-refractivity contribution in [1.82, 2.24) is 5.32 Å². The summed E-state index contributed by atoms with van der Waals surface area (Å²) >= 11 is 0. The van der Waals surface area contributed by atoms with Crippen LogP contribution in [-0.2, 0) is 0 Å². The van der Waals surface area contributed by atoms with E-state index in [9.17, 15) is 0 Å². The molecule has 1 nitrogen and oxygen atoms in total. The molecule has 0 bridgehead atoms. The quantitative estimate of drug-likeness (QED) is 0.670. The van der Waals surface area contributed by atoms with Crippen LogP contribution in [0.25, 0.3) is 0 Å². The van der Waals surface area contributed by atoms with Crippen LogP contribution in [0.15, 0.2) is 0 Å². The standard InChI is InChI=1S/C11H25N/c1-7-9(4)12-11(6)10(5)8(2)3/h8-12H,7H2,1-6H3/t9-,10-,11+/m1/s1. The third-order valence-corrected chi connectivity index (χ3v) is 3.00. The van der Waals surface area contributed by atoms with E-state index in [1.807, 2.05) is 0 Å². The highest BCUT2D eigenvalue weighted by Crippen LogP contribution is 2.14. The molecule has 0 aliphatic carbocycles. The van der Waals surface area contributed by atoms with E-state index < -0.39 is 0 Å². The van der Waals surface area contributed by atoms with E-state index in [4.69, 9.17) is 0 Å². The maximum Gasteiger partial charge on any atom is 0.00692 e. The lowest BCUT2D eigenvalue weighted by Crippen LogP contribution is -2.39. The van der Waals surface area contributed by atoms with Gasteiger partial charge in [-0.2, -0.15) is 0 Å². The molecule has 0 aliphatic rings. The molecule has 74 valence electrons. The van der Waals surface area contributed by atoms with Gasteiger partial charge in [-0.05, 0) is 32.1 Å². The molecule has 0 unspecified atom stereocenters. The first-order valence-corrected chi connectivity index (χ1v) is 5.25.